The predicted octanol–water partition coefficient (Wildman–Crippen LogP) is 3.40. The smallest absolute Gasteiger partial charge is 0.343 e. The monoisotopic (exact) mass is 376 g/mol. The van der Waals surface area contributed by atoms with Crippen molar-refractivity contribution in [2.24, 2.45) is 5.41 Å². The summed E-state index contributed by atoms with van der Waals surface area (Å²) in [5, 5.41) is 10.1. The van der Waals surface area contributed by atoms with Crippen molar-refractivity contribution in [1.29, 1.82) is 0 Å². The van der Waals surface area contributed by atoms with Gasteiger partial charge in [0, 0.05) is 18.8 Å². The molecule has 0 saturated heterocycles. The van der Waals surface area contributed by atoms with E-state index in [9.17, 15) is 14.7 Å². The van der Waals surface area contributed by atoms with Crippen LogP contribution in [0.15, 0.2) is 39.8 Å². The number of esters is 1. The lowest BCUT2D eigenvalue weighted by Gasteiger charge is -2.44. The Bertz CT molecular complexity index is 930. The standard InChI is InChI=1S/C19H21ClN2O4/c1-5-26-18(25)11-9-22-12(8-14(11)24)17-16(20)13(23)6-7-21(17)10-15(22)19(2,3)4/h7-9,15,23H,5,10H2,1-4H3/t15-/m0/s1. The minimum absolute atomic E-state index is 0.0128. The molecule has 0 spiro atoms. The highest BCUT2D eigenvalue weighted by Gasteiger charge is 2.37. The second-order valence-electron chi connectivity index (χ2n) is 7.38. The lowest BCUT2D eigenvalue weighted by molar-refractivity contribution is 0.0522. The number of carbonyl (C=O) groups excluding carboxylic acids is 1. The second-order valence-corrected chi connectivity index (χ2v) is 7.76. The maximum Gasteiger partial charge on any atom is 0.343 e. The highest BCUT2D eigenvalue weighted by molar-refractivity contribution is 6.34. The molecule has 3 heterocycles. The Morgan fingerprint density at radius 2 is 2.15 bits per heavy atom. The quantitative estimate of drug-likeness (QED) is 0.632. The van der Waals surface area contributed by atoms with Crippen molar-refractivity contribution in [2.75, 3.05) is 13.2 Å². The molecule has 0 aliphatic carbocycles. The van der Waals surface area contributed by atoms with Crippen molar-refractivity contribution in [3.8, 4) is 0 Å². The lowest BCUT2D eigenvalue weighted by Crippen LogP contribution is -2.42. The number of aromatic nitrogens is 1. The molecule has 2 aliphatic rings. The van der Waals surface area contributed by atoms with Crippen LogP contribution in [0.2, 0.25) is 0 Å². The number of carbonyl (C=O) groups is 1. The summed E-state index contributed by atoms with van der Waals surface area (Å²) >= 11 is 6.30. The second kappa shape index (κ2) is 6.38. The summed E-state index contributed by atoms with van der Waals surface area (Å²) < 4.78 is 6.89. The van der Waals surface area contributed by atoms with Gasteiger partial charge in [0.1, 0.15) is 10.6 Å². The topological polar surface area (TPSA) is 71.8 Å². The fourth-order valence-electron chi connectivity index (χ4n) is 3.23. The maximum atomic E-state index is 12.5. The Balaban J connectivity index is 2.28. The van der Waals surface area contributed by atoms with Crippen molar-refractivity contribution in [3.05, 3.63) is 56.5 Å². The van der Waals surface area contributed by atoms with Gasteiger partial charge in [0.25, 0.3) is 0 Å². The van der Waals surface area contributed by atoms with E-state index in [0.29, 0.717) is 17.9 Å². The Kier molecular flexibility index (Phi) is 4.51. The summed E-state index contributed by atoms with van der Waals surface area (Å²) in [6.45, 7) is 8.70. The summed E-state index contributed by atoms with van der Waals surface area (Å²) in [5.41, 5.74) is 3.17. The van der Waals surface area contributed by atoms with Crippen molar-refractivity contribution in [2.45, 2.75) is 33.7 Å². The molecule has 0 saturated carbocycles. The first-order valence-electron chi connectivity index (χ1n) is 8.41. The first-order chi connectivity index (χ1) is 12.1. The fraction of sp³-hybridized carbons (Fsp3) is 0.421. The van der Waals surface area contributed by atoms with Gasteiger partial charge in [0.05, 0.1) is 30.2 Å². The van der Waals surface area contributed by atoms with E-state index in [1.807, 2.05) is 9.47 Å². The van der Waals surface area contributed by atoms with Gasteiger partial charge in [-0.25, -0.2) is 4.79 Å². The number of pyridine rings is 1. The van der Waals surface area contributed by atoms with Gasteiger partial charge in [-0.2, -0.15) is 0 Å². The van der Waals surface area contributed by atoms with E-state index < -0.39 is 11.4 Å². The van der Waals surface area contributed by atoms with Crippen LogP contribution in [0.25, 0.3) is 5.70 Å². The van der Waals surface area contributed by atoms with E-state index in [-0.39, 0.29) is 34.4 Å². The number of hydrogen-bond donors (Lipinski definition) is 1. The van der Waals surface area contributed by atoms with E-state index in [1.165, 1.54) is 6.07 Å². The number of ether oxygens (including phenoxy) is 1. The van der Waals surface area contributed by atoms with Crippen molar-refractivity contribution >= 4 is 23.3 Å². The van der Waals surface area contributed by atoms with Gasteiger partial charge in [-0.3, -0.25) is 4.79 Å². The largest absolute Gasteiger partial charge is 0.500 e. The van der Waals surface area contributed by atoms with Gasteiger partial charge >= 0.3 is 5.97 Å². The van der Waals surface area contributed by atoms with Crippen molar-refractivity contribution in [1.82, 2.24) is 9.47 Å². The Hall–Kier alpha value is -2.43. The number of halogens is 1. The van der Waals surface area contributed by atoms with E-state index in [1.54, 1.807) is 19.3 Å². The Morgan fingerprint density at radius 1 is 1.46 bits per heavy atom. The first kappa shape index (κ1) is 18.4. The third-order valence-corrected chi connectivity index (χ3v) is 4.94. The van der Waals surface area contributed by atoms with E-state index in [4.69, 9.17) is 16.3 Å². The summed E-state index contributed by atoms with van der Waals surface area (Å²) in [5.74, 6) is -0.824. The molecule has 2 aliphatic heterocycles. The third kappa shape index (κ3) is 2.96. The molecule has 1 aromatic rings. The molecule has 1 N–H and O–H groups in total. The molecule has 0 bridgehead atoms. The SMILES string of the molecule is CCOC(=O)c1cn2c(cc1=O)C1=C(Cl)C(O)=C=CN1C[C@H]2C(C)(C)C. The van der Waals surface area contributed by atoms with Gasteiger partial charge in [-0.15, -0.1) is 0 Å². The summed E-state index contributed by atoms with van der Waals surface area (Å²) in [6, 6.07) is 1.33. The number of nitrogens with zero attached hydrogens (tertiary/aromatic N) is 2. The zero-order valence-electron chi connectivity index (χ0n) is 15.2. The zero-order valence-corrected chi connectivity index (χ0v) is 15.9. The van der Waals surface area contributed by atoms with E-state index >= 15 is 0 Å². The molecule has 6 nitrogen and oxygen atoms in total. The molecule has 3 rings (SSSR count). The summed E-state index contributed by atoms with van der Waals surface area (Å²) in [7, 11) is 0. The molecule has 26 heavy (non-hydrogen) atoms. The highest BCUT2D eigenvalue weighted by Crippen LogP contribution is 2.42. The van der Waals surface area contributed by atoms with Crippen LogP contribution in [0.1, 0.15) is 49.8 Å². The summed E-state index contributed by atoms with van der Waals surface area (Å²) in [4.78, 5) is 26.6. The van der Waals surface area contributed by atoms with Crippen LogP contribution in [-0.2, 0) is 4.74 Å². The molecule has 1 aromatic heterocycles. The average molecular weight is 377 g/mol. The van der Waals surface area contributed by atoms with Crippen LogP contribution in [0.5, 0.6) is 0 Å². The van der Waals surface area contributed by atoms with Crippen LogP contribution in [0.4, 0.5) is 0 Å². The molecule has 0 aromatic carbocycles. The molecule has 0 fully saturated rings. The van der Waals surface area contributed by atoms with Crippen LogP contribution in [0, 0.1) is 5.41 Å². The number of allylic oxidation sites excluding steroid dienone is 1. The van der Waals surface area contributed by atoms with Crippen LogP contribution < -0.4 is 5.43 Å². The highest BCUT2D eigenvalue weighted by atomic mass is 35.5. The normalized spacial score (nSPS) is 19.0. The molecule has 7 heteroatoms. The van der Waals surface area contributed by atoms with Crippen molar-refractivity contribution < 1.29 is 14.6 Å². The third-order valence-electron chi connectivity index (χ3n) is 4.58. The molecule has 138 valence electrons. The van der Waals surface area contributed by atoms with Crippen LogP contribution in [-0.4, -0.2) is 33.7 Å². The minimum atomic E-state index is -0.644. The van der Waals surface area contributed by atoms with Crippen LogP contribution >= 0.6 is 11.6 Å². The van der Waals surface area contributed by atoms with Crippen LogP contribution in [0.3, 0.4) is 0 Å². The molecule has 1 atom stereocenters. The van der Waals surface area contributed by atoms with Gasteiger partial charge in [0.2, 0.25) is 0 Å². The molecule has 0 unspecified atom stereocenters. The van der Waals surface area contributed by atoms with E-state index in [0.717, 1.165) is 0 Å². The van der Waals surface area contributed by atoms with Gasteiger partial charge in [-0.05, 0) is 12.3 Å². The Labute approximate surface area is 156 Å². The molecular weight excluding hydrogens is 356 g/mol. The molecule has 0 amide bonds. The average Bonchev–Trinajstić information content (AvgIpc) is 2.56. The first-order valence-corrected chi connectivity index (χ1v) is 8.79. The van der Waals surface area contributed by atoms with E-state index in [2.05, 4.69) is 26.5 Å². The van der Waals surface area contributed by atoms with Gasteiger partial charge in [0.15, 0.2) is 11.2 Å². The number of hydrogen-bond acceptors (Lipinski definition) is 5. The Morgan fingerprint density at radius 3 is 2.77 bits per heavy atom. The molecule has 0 radical (unpaired) electrons. The molecular formula is C19H21ClN2O4. The number of fused-ring (bicyclic) bond motifs is 3. The predicted molar refractivity (Wildman–Crippen MR) is 98.9 cm³/mol. The van der Waals surface area contributed by atoms with Gasteiger partial charge in [-0.1, -0.05) is 38.1 Å². The number of aliphatic hydroxyl groups is 1. The maximum absolute atomic E-state index is 12.5. The summed E-state index contributed by atoms with van der Waals surface area (Å²) in [6.07, 6.45) is 3.17. The zero-order chi connectivity index (χ0) is 19.2. The lowest BCUT2D eigenvalue weighted by atomic mass is 9.84. The fourth-order valence-corrected chi connectivity index (χ4v) is 3.49. The number of aliphatic hydroxyl groups excluding tert-OH is 1. The van der Waals surface area contributed by atoms with Gasteiger partial charge < -0.3 is 19.3 Å². The number of rotatable bonds is 2. The van der Waals surface area contributed by atoms with Crippen molar-refractivity contribution in [3.63, 3.8) is 0 Å². The minimum Gasteiger partial charge on any atom is -0.500 e.